The van der Waals surface area contributed by atoms with E-state index in [9.17, 15) is 14.7 Å². The van der Waals surface area contributed by atoms with Crippen molar-refractivity contribution in [2.45, 2.75) is 57.5 Å². The van der Waals surface area contributed by atoms with E-state index >= 15 is 0 Å². The van der Waals surface area contributed by atoms with Gasteiger partial charge in [0.15, 0.2) is 0 Å². The number of methoxy groups -OCH3 is 1. The van der Waals surface area contributed by atoms with Crippen LogP contribution >= 0.6 is 0 Å². The highest BCUT2D eigenvalue weighted by Crippen LogP contribution is 2.23. The highest BCUT2D eigenvalue weighted by molar-refractivity contribution is 5.77. The summed E-state index contributed by atoms with van der Waals surface area (Å²) in [6.07, 6.45) is 4.23. The summed E-state index contributed by atoms with van der Waals surface area (Å²) >= 11 is 0. The van der Waals surface area contributed by atoms with Crippen molar-refractivity contribution in [1.29, 1.82) is 0 Å². The summed E-state index contributed by atoms with van der Waals surface area (Å²) in [6.45, 7) is 4.11. The standard InChI is InChI=1S/C14H26N2O4/c1-14(2,9-20-3)16-13(19)15-11-8-6-4-5-7-10(11)12(17)18/h10-11H,4-9H2,1-3H3,(H,17,18)(H2,15,16,19). The molecule has 0 heterocycles. The Labute approximate surface area is 120 Å². The van der Waals surface area contributed by atoms with Crippen LogP contribution in [0.25, 0.3) is 0 Å². The maximum Gasteiger partial charge on any atom is 0.315 e. The zero-order valence-electron chi connectivity index (χ0n) is 12.6. The molecule has 0 aromatic rings. The summed E-state index contributed by atoms with van der Waals surface area (Å²) in [4.78, 5) is 23.3. The first-order valence-electron chi connectivity index (χ1n) is 7.16. The summed E-state index contributed by atoms with van der Waals surface area (Å²) < 4.78 is 5.04. The first kappa shape index (κ1) is 16.8. The van der Waals surface area contributed by atoms with Crippen LogP contribution in [-0.4, -0.2) is 42.4 Å². The minimum Gasteiger partial charge on any atom is -0.481 e. The fourth-order valence-corrected chi connectivity index (χ4v) is 2.68. The van der Waals surface area contributed by atoms with Gasteiger partial charge in [-0.15, -0.1) is 0 Å². The second-order valence-corrected chi connectivity index (χ2v) is 6.10. The van der Waals surface area contributed by atoms with Crippen molar-refractivity contribution in [2.75, 3.05) is 13.7 Å². The van der Waals surface area contributed by atoms with Crippen LogP contribution in [0.1, 0.15) is 46.0 Å². The quantitative estimate of drug-likeness (QED) is 0.672. The molecular formula is C14H26N2O4. The van der Waals surface area contributed by atoms with E-state index in [1.54, 1.807) is 7.11 Å². The minimum atomic E-state index is -0.826. The smallest absolute Gasteiger partial charge is 0.315 e. The summed E-state index contributed by atoms with van der Waals surface area (Å²) in [5, 5.41) is 14.9. The van der Waals surface area contributed by atoms with E-state index in [2.05, 4.69) is 10.6 Å². The van der Waals surface area contributed by atoms with Gasteiger partial charge in [0.25, 0.3) is 0 Å². The van der Waals surface area contributed by atoms with Crippen LogP contribution in [0.5, 0.6) is 0 Å². The van der Waals surface area contributed by atoms with Gasteiger partial charge in [0.2, 0.25) is 0 Å². The average Bonchev–Trinajstić information content (AvgIpc) is 2.53. The number of carbonyl (C=O) groups excluding carboxylic acids is 1. The van der Waals surface area contributed by atoms with Crippen LogP contribution in [0, 0.1) is 5.92 Å². The molecule has 0 bridgehead atoms. The molecule has 0 radical (unpaired) electrons. The third-order valence-electron chi connectivity index (χ3n) is 3.61. The van der Waals surface area contributed by atoms with Gasteiger partial charge in [0.05, 0.1) is 18.1 Å². The molecule has 0 aromatic carbocycles. The molecule has 1 aliphatic carbocycles. The van der Waals surface area contributed by atoms with Crippen LogP contribution < -0.4 is 10.6 Å². The van der Waals surface area contributed by atoms with Crippen LogP contribution in [-0.2, 0) is 9.53 Å². The van der Waals surface area contributed by atoms with Gasteiger partial charge in [0.1, 0.15) is 0 Å². The number of hydrogen-bond acceptors (Lipinski definition) is 3. The van der Waals surface area contributed by atoms with Gasteiger partial charge in [-0.3, -0.25) is 4.79 Å². The largest absolute Gasteiger partial charge is 0.481 e. The predicted molar refractivity (Wildman–Crippen MR) is 75.6 cm³/mol. The second kappa shape index (κ2) is 7.47. The zero-order chi connectivity index (χ0) is 15.2. The van der Waals surface area contributed by atoms with E-state index < -0.39 is 17.4 Å². The molecule has 1 saturated carbocycles. The van der Waals surface area contributed by atoms with Crippen LogP contribution in [0.4, 0.5) is 4.79 Å². The lowest BCUT2D eigenvalue weighted by molar-refractivity contribution is -0.142. The van der Waals surface area contributed by atoms with Crippen LogP contribution in [0.3, 0.4) is 0 Å². The molecule has 0 aromatic heterocycles. The Balaban J connectivity index is 2.59. The molecule has 0 aliphatic heterocycles. The summed E-state index contributed by atoms with van der Waals surface area (Å²) in [5.41, 5.74) is -0.484. The number of ether oxygens (including phenoxy) is 1. The van der Waals surface area contributed by atoms with Crippen LogP contribution in [0.15, 0.2) is 0 Å². The van der Waals surface area contributed by atoms with E-state index in [-0.39, 0.29) is 12.1 Å². The predicted octanol–water partition coefficient (Wildman–Crippen LogP) is 1.74. The number of carboxylic acid groups (broad SMARTS) is 1. The Morgan fingerprint density at radius 3 is 2.50 bits per heavy atom. The van der Waals surface area contributed by atoms with E-state index in [4.69, 9.17) is 4.74 Å². The van der Waals surface area contributed by atoms with Crippen LogP contribution in [0.2, 0.25) is 0 Å². The molecule has 20 heavy (non-hydrogen) atoms. The molecule has 116 valence electrons. The number of hydrogen-bond donors (Lipinski definition) is 3. The Morgan fingerprint density at radius 2 is 1.90 bits per heavy atom. The number of rotatable bonds is 5. The number of amides is 2. The van der Waals surface area contributed by atoms with E-state index in [0.29, 0.717) is 13.0 Å². The molecule has 6 heteroatoms. The lowest BCUT2D eigenvalue weighted by atomic mass is 9.95. The lowest BCUT2D eigenvalue weighted by Gasteiger charge is -2.28. The molecule has 6 nitrogen and oxygen atoms in total. The number of nitrogens with one attached hydrogen (secondary N) is 2. The Morgan fingerprint density at radius 1 is 1.25 bits per heavy atom. The first-order valence-corrected chi connectivity index (χ1v) is 7.16. The van der Waals surface area contributed by atoms with Crippen molar-refractivity contribution in [1.82, 2.24) is 10.6 Å². The molecule has 1 rings (SSSR count). The van der Waals surface area contributed by atoms with E-state index in [1.165, 1.54) is 0 Å². The summed E-state index contributed by atoms with van der Waals surface area (Å²) in [6, 6.07) is -0.626. The summed E-state index contributed by atoms with van der Waals surface area (Å²) in [7, 11) is 1.58. The third-order valence-corrected chi connectivity index (χ3v) is 3.61. The van der Waals surface area contributed by atoms with Crippen molar-refractivity contribution in [3.8, 4) is 0 Å². The number of carbonyl (C=O) groups is 2. The maximum atomic E-state index is 12.0. The zero-order valence-corrected chi connectivity index (χ0v) is 12.6. The van der Waals surface area contributed by atoms with Gasteiger partial charge in [-0.05, 0) is 26.7 Å². The van der Waals surface area contributed by atoms with Crippen molar-refractivity contribution in [3.05, 3.63) is 0 Å². The highest BCUT2D eigenvalue weighted by atomic mass is 16.5. The van der Waals surface area contributed by atoms with Crippen molar-refractivity contribution < 1.29 is 19.4 Å². The van der Waals surface area contributed by atoms with Gasteiger partial charge in [-0.2, -0.15) is 0 Å². The molecule has 3 N–H and O–H groups in total. The fourth-order valence-electron chi connectivity index (χ4n) is 2.68. The van der Waals surface area contributed by atoms with Crippen molar-refractivity contribution in [2.24, 2.45) is 5.92 Å². The van der Waals surface area contributed by atoms with Gasteiger partial charge in [0, 0.05) is 13.2 Å². The molecule has 2 atom stereocenters. The first-order chi connectivity index (χ1) is 9.35. The average molecular weight is 286 g/mol. The number of urea groups is 1. The SMILES string of the molecule is COCC(C)(C)NC(=O)NC1CCCCCC1C(=O)O. The molecule has 0 spiro atoms. The monoisotopic (exact) mass is 286 g/mol. The minimum absolute atomic E-state index is 0.298. The molecule has 2 amide bonds. The van der Waals surface area contributed by atoms with Gasteiger partial charge < -0.3 is 20.5 Å². The third kappa shape index (κ3) is 5.36. The Hall–Kier alpha value is -1.30. The Bertz CT molecular complexity index is 344. The summed E-state index contributed by atoms with van der Waals surface area (Å²) in [5.74, 6) is -1.32. The second-order valence-electron chi connectivity index (χ2n) is 6.10. The maximum absolute atomic E-state index is 12.0. The highest BCUT2D eigenvalue weighted by Gasteiger charge is 2.31. The van der Waals surface area contributed by atoms with E-state index in [0.717, 1.165) is 25.7 Å². The molecule has 1 aliphatic rings. The molecular weight excluding hydrogens is 260 g/mol. The van der Waals surface area contributed by atoms with Gasteiger partial charge in [-0.25, -0.2) is 4.79 Å². The van der Waals surface area contributed by atoms with E-state index in [1.807, 2.05) is 13.8 Å². The lowest BCUT2D eigenvalue weighted by Crippen LogP contribution is -2.54. The Kier molecular flexibility index (Phi) is 6.26. The molecule has 0 saturated heterocycles. The van der Waals surface area contributed by atoms with Gasteiger partial charge in [-0.1, -0.05) is 19.3 Å². The topological polar surface area (TPSA) is 87.7 Å². The fraction of sp³-hybridized carbons (Fsp3) is 0.857. The molecule has 1 fully saturated rings. The number of aliphatic carboxylic acids is 1. The normalized spacial score (nSPS) is 23.8. The van der Waals surface area contributed by atoms with Crippen molar-refractivity contribution >= 4 is 12.0 Å². The number of carboxylic acids is 1. The van der Waals surface area contributed by atoms with Crippen molar-refractivity contribution in [3.63, 3.8) is 0 Å². The van der Waals surface area contributed by atoms with Gasteiger partial charge >= 0.3 is 12.0 Å². The molecule has 2 unspecified atom stereocenters.